The Morgan fingerprint density at radius 2 is 1.39 bits per heavy atom. The second-order valence-corrected chi connectivity index (χ2v) is 11.5. The van der Waals surface area contributed by atoms with E-state index in [1.165, 1.54) is 6.92 Å². The SMILES string of the molecule is CCCCOC(=O)CCC(=O)C(CCCC)(NNC(C)(C)C)OC(=O)CCC(C)(O)N=NC(C)(C)C. The van der Waals surface area contributed by atoms with Crippen molar-refractivity contribution in [2.75, 3.05) is 6.61 Å². The first-order valence-corrected chi connectivity index (χ1v) is 13.1. The van der Waals surface area contributed by atoms with Crippen LogP contribution in [0.2, 0.25) is 0 Å². The molecule has 10 nitrogen and oxygen atoms in total. The molecule has 0 aromatic carbocycles. The van der Waals surface area contributed by atoms with Crippen LogP contribution in [0.15, 0.2) is 10.2 Å². The van der Waals surface area contributed by atoms with Gasteiger partial charge in [-0.3, -0.25) is 14.4 Å². The maximum Gasteiger partial charge on any atom is 0.308 e. The van der Waals surface area contributed by atoms with E-state index in [0.717, 1.165) is 19.3 Å². The summed E-state index contributed by atoms with van der Waals surface area (Å²) in [5.74, 6) is -1.55. The number of carbonyl (C=O) groups excluding carboxylic acids is 3. The molecule has 210 valence electrons. The number of hydrazine groups is 1. The minimum absolute atomic E-state index is 0.0279. The highest BCUT2D eigenvalue weighted by Crippen LogP contribution is 2.24. The second-order valence-electron chi connectivity index (χ2n) is 11.5. The lowest BCUT2D eigenvalue weighted by molar-refractivity contribution is -0.176. The van der Waals surface area contributed by atoms with Gasteiger partial charge in [-0.2, -0.15) is 10.2 Å². The number of esters is 2. The van der Waals surface area contributed by atoms with Gasteiger partial charge in [-0.25, -0.2) is 10.9 Å². The van der Waals surface area contributed by atoms with E-state index in [2.05, 4.69) is 21.1 Å². The third kappa shape index (κ3) is 16.0. The summed E-state index contributed by atoms with van der Waals surface area (Å²) in [5, 5.41) is 18.5. The Bertz CT molecular complexity index is 725. The summed E-state index contributed by atoms with van der Waals surface area (Å²) in [6.45, 7) is 17.0. The highest BCUT2D eigenvalue weighted by molar-refractivity contribution is 5.91. The lowest BCUT2D eigenvalue weighted by Gasteiger charge is -2.36. The number of carbonyl (C=O) groups is 3. The highest BCUT2D eigenvalue weighted by atomic mass is 16.6. The van der Waals surface area contributed by atoms with Gasteiger partial charge in [0.25, 0.3) is 0 Å². The summed E-state index contributed by atoms with van der Waals surface area (Å²) in [7, 11) is 0. The average Bonchev–Trinajstić information content (AvgIpc) is 2.76. The van der Waals surface area contributed by atoms with Crippen LogP contribution >= 0.6 is 0 Å². The molecule has 0 spiro atoms. The second kappa shape index (κ2) is 15.4. The topological polar surface area (TPSA) is 139 Å². The van der Waals surface area contributed by atoms with Crippen LogP contribution < -0.4 is 10.9 Å². The van der Waals surface area contributed by atoms with Crippen molar-refractivity contribution in [2.45, 2.75) is 143 Å². The monoisotopic (exact) mass is 514 g/mol. The Morgan fingerprint density at radius 3 is 1.92 bits per heavy atom. The van der Waals surface area contributed by atoms with Gasteiger partial charge in [0.2, 0.25) is 5.72 Å². The van der Waals surface area contributed by atoms with Crippen molar-refractivity contribution in [3.63, 3.8) is 0 Å². The van der Waals surface area contributed by atoms with Crippen LogP contribution in [0, 0.1) is 0 Å². The van der Waals surface area contributed by atoms with Crippen LogP contribution in [0.1, 0.15) is 120 Å². The fourth-order valence-electron chi connectivity index (χ4n) is 2.83. The molecule has 0 saturated carbocycles. The Hall–Kier alpha value is -1.91. The fourth-order valence-corrected chi connectivity index (χ4v) is 2.83. The number of rotatable bonds is 17. The van der Waals surface area contributed by atoms with E-state index in [-0.39, 0.29) is 32.1 Å². The van der Waals surface area contributed by atoms with E-state index >= 15 is 0 Å². The van der Waals surface area contributed by atoms with E-state index in [1.807, 2.05) is 55.4 Å². The molecule has 0 bridgehead atoms. The van der Waals surface area contributed by atoms with Gasteiger partial charge in [0, 0.05) is 24.8 Å². The molecule has 0 aliphatic carbocycles. The Kier molecular flexibility index (Phi) is 14.6. The summed E-state index contributed by atoms with van der Waals surface area (Å²) in [5.41, 5.74) is 1.89. The molecular weight excluding hydrogens is 464 g/mol. The zero-order chi connectivity index (χ0) is 28.0. The van der Waals surface area contributed by atoms with Gasteiger partial charge in [0.05, 0.1) is 25.0 Å². The first kappa shape index (κ1) is 34.1. The molecule has 36 heavy (non-hydrogen) atoms. The molecule has 2 unspecified atom stereocenters. The van der Waals surface area contributed by atoms with Crippen LogP contribution in [0.25, 0.3) is 0 Å². The molecule has 0 aliphatic rings. The first-order chi connectivity index (χ1) is 16.5. The van der Waals surface area contributed by atoms with Crippen molar-refractivity contribution in [1.82, 2.24) is 10.9 Å². The van der Waals surface area contributed by atoms with E-state index < -0.39 is 40.2 Å². The zero-order valence-electron chi connectivity index (χ0n) is 24.0. The third-order valence-corrected chi connectivity index (χ3v) is 4.95. The molecule has 0 fully saturated rings. The van der Waals surface area contributed by atoms with Gasteiger partial charge >= 0.3 is 11.9 Å². The van der Waals surface area contributed by atoms with Crippen molar-refractivity contribution in [3.05, 3.63) is 0 Å². The quantitative estimate of drug-likeness (QED) is 0.0831. The van der Waals surface area contributed by atoms with E-state index in [0.29, 0.717) is 13.0 Å². The van der Waals surface area contributed by atoms with Gasteiger partial charge in [-0.1, -0.05) is 26.7 Å². The number of nitrogens with one attached hydrogen (secondary N) is 2. The molecule has 0 aromatic heterocycles. The number of ether oxygens (including phenoxy) is 2. The number of nitrogens with zero attached hydrogens (tertiary/aromatic N) is 2. The summed E-state index contributed by atoms with van der Waals surface area (Å²) in [6.07, 6.45) is 2.81. The van der Waals surface area contributed by atoms with Gasteiger partial charge in [0.15, 0.2) is 11.5 Å². The summed E-state index contributed by atoms with van der Waals surface area (Å²) < 4.78 is 10.9. The van der Waals surface area contributed by atoms with Crippen molar-refractivity contribution >= 4 is 17.7 Å². The first-order valence-electron chi connectivity index (χ1n) is 13.1. The third-order valence-electron chi connectivity index (χ3n) is 4.95. The maximum absolute atomic E-state index is 13.4. The highest BCUT2D eigenvalue weighted by Gasteiger charge is 2.42. The lowest BCUT2D eigenvalue weighted by atomic mass is 9.97. The van der Waals surface area contributed by atoms with E-state index in [1.54, 1.807) is 0 Å². The smallest absolute Gasteiger partial charge is 0.308 e. The van der Waals surface area contributed by atoms with E-state index in [9.17, 15) is 19.5 Å². The van der Waals surface area contributed by atoms with Crippen molar-refractivity contribution in [2.24, 2.45) is 10.2 Å². The standard InChI is InChI=1S/C26H50N4O6/c1-10-12-17-26(30-28-24(6,7)8,20(31)14-15-21(32)35-19-13-11-2)36-22(33)16-18-25(9,34)29-27-23(3,4)5/h28,30,34H,10-19H2,1-9H3. The molecule has 2 atom stereocenters. The lowest BCUT2D eigenvalue weighted by Crippen LogP contribution is -2.63. The van der Waals surface area contributed by atoms with Gasteiger partial charge in [-0.15, -0.1) is 0 Å². The molecule has 0 radical (unpaired) electrons. The predicted octanol–water partition coefficient (Wildman–Crippen LogP) is 4.74. The Labute approximate surface area is 217 Å². The molecule has 0 saturated heterocycles. The molecular formula is C26H50N4O6. The number of azo groups is 1. The zero-order valence-corrected chi connectivity index (χ0v) is 24.0. The van der Waals surface area contributed by atoms with Crippen LogP contribution in [-0.2, 0) is 23.9 Å². The number of aliphatic hydroxyl groups is 1. The molecule has 0 amide bonds. The molecule has 0 aromatic rings. The Morgan fingerprint density at radius 1 is 0.778 bits per heavy atom. The maximum atomic E-state index is 13.4. The number of hydrogen-bond acceptors (Lipinski definition) is 10. The van der Waals surface area contributed by atoms with Crippen LogP contribution in [0.5, 0.6) is 0 Å². The number of hydrogen-bond donors (Lipinski definition) is 3. The largest absolute Gasteiger partial charge is 0.466 e. The number of Topliss-reactive ketones (excluding diaryl/α,β-unsaturated/α-hetero) is 1. The number of unbranched alkanes of at least 4 members (excludes halogenated alkanes) is 2. The molecule has 3 N–H and O–H groups in total. The Balaban J connectivity index is 5.59. The van der Waals surface area contributed by atoms with Crippen LogP contribution in [-0.4, -0.2) is 52.0 Å². The molecule has 0 rings (SSSR count). The molecule has 10 heteroatoms. The average molecular weight is 515 g/mol. The summed E-state index contributed by atoms with van der Waals surface area (Å²) in [6, 6.07) is 0. The van der Waals surface area contributed by atoms with Crippen molar-refractivity contribution < 1.29 is 29.0 Å². The minimum Gasteiger partial charge on any atom is -0.466 e. The van der Waals surface area contributed by atoms with Crippen LogP contribution in [0.4, 0.5) is 0 Å². The van der Waals surface area contributed by atoms with E-state index in [4.69, 9.17) is 9.47 Å². The van der Waals surface area contributed by atoms with Crippen molar-refractivity contribution in [1.29, 1.82) is 0 Å². The minimum atomic E-state index is -1.66. The molecule has 0 heterocycles. The fraction of sp³-hybridized carbons (Fsp3) is 0.885. The normalized spacial score (nSPS) is 15.8. The van der Waals surface area contributed by atoms with Gasteiger partial charge in [-0.05, 0) is 61.3 Å². The summed E-state index contributed by atoms with van der Waals surface area (Å²) in [4.78, 5) is 38.4. The summed E-state index contributed by atoms with van der Waals surface area (Å²) >= 11 is 0. The van der Waals surface area contributed by atoms with Gasteiger partial charge < -0.3 is 14.6 Å². The van der Waals surface area contributed by atoms with Crippen molar-refractivity contribution in [3.8, 4) is 0 Å². The number of ketones is 1. The van der Waals surface area contributed by atoms with Crippen LogP contribution in [0.3, 0.4) is 0 Å². The predicted molar refractivity (Wildman–Crippen MR) is 139 cm³/mol. The van der Waals surface area contributed by atoms with Gasteiger partial charge in [0.1, 0.15) is 0 Å². The molecule has 0 aliphatic heterocycles.